The molecule has 0 radical (unpaired) electrons. The van der Waals surface area contributed by atoms with Crippen molar-refractivity contribution in [2.24, 2.45) is 0 Å². The van der Waals surface area contributed by atoms with Gasteiger partial charge in [-0.15, -0.1) is 0 Å². The van der Waals surface area contributed by atoms with Crippen molar-refractivity contribution in [3.8, 4) is 0 Å². The lowest BCUT2D eigenvalue weighted by Gasteiger charge is -2.02. The largest absolute Gasteiger partial charge is 0.474 e. The molecular weight excluding hydrogens is 216 g/mol. The number of para-hydroxylation sites is 1. The summed E-state index contributed by atoms with van der Waals surface area (Å²) in [6, 6.07) is 5.78. The van der Waals surface area contributed by atoms with E-state index in [9.17, 15) is 19.7 Å². The molecule has 1 rings (SSSR count). The molecule has 0 aliphatic rings. The summed E-state index contributed by atoms with van der Waals surface area (Å²) in [5, 5.41) is 20.9. The second-order valence-corrected chi connectivity index (χ2v) is 2.87. The number of hydrogen-bond donors (Lipinski definition) is 2. The zero-order valence-electron chi connectivity index (χ0n) is 8.04. The van der Waals surface area contributed by atoms with Crippen molar-refractivity contribution in [2.75, 3.05) is 0 Å². The topological polar surface area (TPSA) is 110 Å². The maximum absolute atomic E-state index is 10.7. The highest BCUT2D eigenvalue weighted by Gasteiger charge is 2.15. The van der Waals surface area contributed by atoms with Crippen LogP contribution >= 0.6 is 0 Å². The number of nitrogens with one attached hydrogen (secondary N) is 1. The molecular formula is C9H8N2O5. The molecule has 0 aromatic heterocycles. The molecule has 0 saturated heterocycles. The van der Waals surface area contributed by atoms with Gasteiger partial charge in [0, 0.05) is 11.6 Å². The van der Waals surface area contributed by atoms with E-state index in [1.54, 1.807) is 6.07 Å². The fourth-order valence-electron chi connectivity index (χ4n) is 1.09. The van der Waals surface area contributed by atoms with Crippen LogP contribution in [-0.2, 0) is 16.1 Å². The van der Waals surface area contributed by atoms with Crippen molar-refractivity contribution in [1.29, 1.82) is 0 Å². The fourth-order valence-corrected chi connectivity index (χ4v) is 1.09. The summed E-state index contributed by atoms with van der Waals surface area (Å²) >= 11 is 0. The van der Waals surface area contributed by atoms with Crippen LogP contribution in [0.1, 0.15) is 5.56 Å². The summed E-state index contributed by atoms with van der Waals surface area (Å²) in [6.07, 6.45) is 0. The Hall–Kier alpha value is -2.44. The second kappa shape index (κ2) is 4.87. The van der Waals surface area contributed by atoms with Crippen LogP contribution in [0.25, 0.3) is 0 Å². The third kappa shape index (κ3) is 2.77. The quantitative estimate of drug-likeness (QED) is 0.435. The Bertz CT molecular complexity index is 443. The number of nitro benzene ring substituents is 1. The minimum atomic E-state index is -1.63. The molecule has 1 aromatic rings. The van der Waals surface area contributed by atoms with Crippen molar-refractivity contribution in [1.82, 2.24) is 5.32 Å². The molecule has 16 heavy (non-hydrogen) atoms. The van der Waals surface area contributed by atoms with Gasteiger partial charge in [-0.25, -0.2) is 4.79 Å². The molecule has 0 aliphatic heterocycles. The van der Waals surface area contributed by atoms with Gasteiger partial charge >= 0.3 is 11.9 Å². The highest BCUT2D eigenvalue weighted by Crippen LogP contribution is 2.16. The number of rotatable bonds is 3. The number of benzene rings is 1. The van der Waals surface area contributed by atoms with Crippen LogP contribution in [0.3, 0.4) is 0 Å². The molecule has 1 aromatic carbocycles. The van der Waals surface area contributed by atoms with Crippen LogP contribution in [0.2, 0.25) is 0 Å². The lowest BCUT2D eigenvalue weighted by atomic mass is 10.2. The van der Waals surface area contributed by atoms with E-state index in [2.05, 4.69) is 5.32 Å². The van der Waals surface area contributed by atoms with Crippen molar-refractivity contribution in [3.63, 3.8) is 0 Å². The van der Waals surface area contributed by atoms with E-state index < -0.39 is 16.8 Å². The third-order valence-electron chi connectivity index (χ3n) is 1.82. The molecule has 1 amide bonds. The fraction of sp³-hybridized carbons (Fsp3) is 0.111. The van der Waals surface area contributed by atoms with Gasteiger partial charge in [0.15, 0.2) is 0 Å². The van der Waals surface area contributed by atoms with Crippen molar-refractivity contribution in [3.05, 3.63) is 39.9 Å². The molecule has 84 valence electrons. The molecule has 0 saturated carbocycles. The number of nitrogens with zero attached hydrogens (tertiary/aromatic N) is 1. The summed E-state index contributed by atoms with van der Waals surface area (Å²) in [5.41, 5.74) is 0.0929. The maximum atomic E-state index is 10.7. The molecule has 0 atom stereocenters. The summed E-state index contributed by atoms with van der Waals surface area (Å²) < 4.78 is 0. The highest BCUT2D eigenvalue weighted by atomic mass is 16.6. The molecule has 2 N–H and O–H groups in total. The normalized spacial score (nSPS) is 9.50. The zero-order valence-corrected chi connectivity index (χ0v) is 8.04. The monoisotopic (exact) mass is 224 g/mol. The van der Waals surface area contributed by atoms with Gasteiger partial charge in [-0.05, 0) is 0 Å². The van der Waals surface area contributed by atoms with E-state index in [-0.39, 0.29) is 17.8 Å². The van der Waals surface area contributed by atoms with E-state index in [4.69, 9.17) is 5.11 Å². The van der Waals surface area contributed by atoms with Gasteiger partial charge in [-0.2, -0.15) is 0 Å². The van der Waals surface area contributed by atoms with Crippen LogP contribution in [0, 0.1) is 10.1 Å². The third-order valence-corrected chi connectivity index (χ3v) is 1.82. The van der Waals surface area contributed by atoms with Gasteiger partial charge in [0.2, 0.25) is 0 Å². The van der Waals surface area contributed by atoms with Gasteiger partial charge < -0.3 is 10.4 Å². The number of carbonyl (C=O) groups excluding carboxylic acids is 1. The minimum absolute atomic E-state index is 0.159. The standard InChI is InChI=1S/C9H8N2O5/c12-8(9(13)14)10-5-6-3-1-2-4-7(6)11(15)16/h1-4H,5H2,(H,10,12)(H,13,14). The first kappa shape index (κ1) is 11.6. The Morgan fingerprint density at radius 1 is 1.38 bits per heavy atom. The number of aliphatic carboxylic acids is 1. The van der Waals surface area contributed by atoms with E-state index in [0.29, 0.717) is 0 Å². The number of amides is 1. The van der Waals surface area contributed by atoms with Gasteiger partial charge in [-0.3, -0.25) is 14.9 Å². The smallest absolute Gasteiger partial charge is 0.394 e. The molecule has 0 fully saturated rings. The molecule has 0 spiro atoms. The Morgan fingerprint density at radius 2 is 2.00 bits per heavy atom. The van der Waals surface area contributed by atoms with Crippen molar-refractivity contribution in [2.45, 2.75) is 6.54 Å². The Labute approximate surface area is 89.8 Å². The zero-order chi connectivity index (χ0) is 12.1. The van der Waals surface area contributed by atoms with Gasteiger partial charge in [0.05, 0.1) is 11.5 Å². The number of nitro groups is 1. The summed E-state index contributed by atoms with van der Waals surface area (Å²) in [6.45, 7) is -0.192. The molecule has 7 nitrogen and oxygen atoms in total. The molecule has 0 bridgehead atoms. The first-order valence-corrected chi connectivity index (χ1v) is 4.26. The van der Waals surface area contributed by atoms with E-state index in [1.807, 2.05) is 0 Å². The SMILES string of the molecule is O=C(O)C(=O)NCc1ccccc1[N+](=O)[O-]. The Kier molecular flexibility index (Phi) is 3.54. The predicted molar refractivity (Wildman–Crippen MR) is 52.6 cm³/mol. The van der Waals surface area contributed by atoms with Gasteiger partial charge in [0.1, 0.15) is 0 Å². The van der Waals surface area contributed by atoms with Crippen LogP contribution in [-0.4, -0.2) is 21.9 Å². The number of carboxylic acid groups (broad SMARTS) is 1. The Morgan fingerprint density at radius 3 is 2.56 bits per heavy atom. The molecule has 0 unspecified atom stereocenters. The number of hydrogen-bond acceptors (Lipinski definition) is 4. The van der Waals surface area contributed by atoms with E-state index in [1.165, 1.54) is 18.2 Å². The van der Waals surface area contributed by atoms with E-state index in [0.717, 1.165) is 0 Å². The summed E-state index contributed by atoms with van der Waals surface area (Å²) in [5.74, 6) is -2.82. The van der Waals surface area contributed by atoms with Gasteiger partial charge in [-0.1, -0.05) is 18.2 Å². The molecule has 7 heteroatoms. The number of carbonyl (C=O) groups is 2. The van der Waals surface area contributed by atoms with E-state index >= 15 is 0 Å². The van der Waals surface area contributed by atoms with Crippen LogP contribution in [0.5, 0.6) is 0 Å². The first-order chi connectivity index (χ1) is 7.52. The van der Waals surface area contributed by atoms with Crippen molar-refractivity contribution < 1.29 is 19.6 Å². The van der Waals surface area contributed by atoms with Crippen LogP contribution < -0.4 is 5.32 Å². The maximum Gasteiger partial charge on any atom is 0.394 e. The van der Waals surface area contributed by atoms with Crippen LogP contribution in [0.15, 0.2) is 24.3 Å². The lowest BCUT2D eigenvalue weighted by molar-refractivity contribution is -0.385. The highest BCUT2D eigenvalue weighted by molar-refractivity contribution is 6.31. The summed E-state index contributed by atoms with van der Waals surface area (Å²) in [4.78, 5) is 30.9. The van der Waals surface area contributed by atoms with Gasteiger partial charge in [0.25, 0.3) is 5.69 Å². The molecule has 0 heterocycles. The van der Waals surface area contributed by atoms with Crippen LogP contribution in [0.4, 0.5) is 5.69 Å². The predicted octanol–water partition coefficient (Wildman–Crippen LogP) is 0.296. The first-order valence-electron chi connectivity index (χ1n) is 4.26. The number of carboxylic acids is 1. The average Bonchev–Trinajstić information content (AvgIpc) is 2.25. The lowest BCUT2D eigenvalue weighted by Crippen LogP contribution is -2.30. The summed E-state index contributed by atoms with van der Waals surface area (Å²) in [7, 11) is 0. The minimum Gasteiger partial charge on any atom is -0.474 e. The second-order valence-electron chi connectivity index (χ2n) is 2.87. The van der Waals surface area contributed by atoms with Crippen molar-refractivity contribution >= 4 is 17.6 Å². The Balaban J connectivity index is 2.78. The molecule has 0 aliphatic carbocycles. The average molecular weight is 224 g/mol.